The third kappa shape index (κ3) is 0.942. The Balaban J connectivity index is 2.36. The van der Waals surface area contributed by atoms with Crippen LogP contribution < -0.4 is 0 Å². The fraction of sp³-hybridized carbons (Fsp3) is 0.444. The first kappa shape index (κ1) is 6.80. The van der Waals surface area contributed by atoms with Crippen LogP contribution >= 0.6 is 0 Å². The van der Waals surface area contributed by atoms with Crippen LogP contribution in [0.15, 0.2) is 23.3 Å². The van der Waals surface area contributed by atoms with Crippen molar-refractivity contribution < 1.29 is 9.90 Å². The lowest BCUT2D eigenvalue weighted by Gasteiger charge is -2.12. The molecule has 2 rings (SSSR count). The van der Waals surface area contributed by atoms with E-state index in [1.807, 2.05) is 6.08 Å². The van der Waals surface area contributed by atoms with Gasteiger partial charge in [0.2, 0.25) is 0 Å². The molecule has 0 aromatic carbocycles. The summed E-state index contributed by atoms with van der Waals surface area (Å²) in [6.45, 7) is 0. The third-order valence-corrected chi connectivity index (χ3v) is 2.34. The lowest BCUT2D eigenvalue weighted by molar-refractivity contribution is -0.115. The van der Waals surface area contributed by atoms with E-state index in [4.69, 9.17) is 0 Å². The minimum atomic E-state index is -0.481. The molecule has 0 saturated carbocycles. The number of ketones is 1. The summed E-state index contributed by atoms with van der Waals surface area (Å²) in [4.78, 5) is 11.2. The summed E-state index contributed by atoms with van der Waals surface area (Å²) in [6.07, 6.45) is 5.24. The topological polar surface area (TPSA) is 37.3 Å². The molecule has 2 heteroatoms. The summed E-state index contributed by atoms with van der Waals surface area (Å²) in [5, 5.41) is 9.40. The molecule has 0 bridgehead atoms. The molecule has 0 aromatic rings. The van der Waals surface area contributed by atoms with Crippen molar-refractivity contribution >= 4 is 5.78 Å². The fourth-order valence-corrected chi connectivity index (χ4v) is 1.73. The van der Waals surface area contributed by atoms with Gasteiger partial charge in [0, 0.05) is 12.0 Å². The van der Waals surface area contributed by atoms with Crippen LogP contribution in [0.4, 0.5) is 0 Å². The highest BCUT2D eigenvalue weighted by molar-refractivity contribution is 5.99. The fourth-order valence-electron chi connectivity index (χ4n) is 1.73. The Labute approximate surface area is 65.2 Å². The van der Waals surface area contributed by atoms with Crippen molar-refractivity contribution in [1.29, 1.82) is 0 Å². The Morgan fingerprint density at radius 1 is 1.45 bits per heavy atom. The average Bonchev–Trinajstić information content (AvgIpc) is 2.35. The number of carbonyl (C=O) groups is 1. The summed E-state index contributed by atoms with van der Waals surface area (Å²) in [5.41, 5.74) is 1.82. The van der Waals surface area contributed by atoms with Crippen LogP contribution in [-0.2, 0) is 4.79 Å². The number of aliphatic hydroxyl groups is 1. The van der Waals surface area contributed by atoms with E-state index in [0.29, 0.717) is 6.42 Å². The van der Waals surface area contributed by atoms with Crippen molar-refractivity contribution in [2.75, 3.05) is 0 Å². The summed E-state index contributed by atoms with van der Waals surface area (Å²) >= 11 is 0. The smallest absolute Gasteiger partial charge is 0.159 e. The van der Waals surface area contributed by atoms with Crippen LogP contribution in [0.5, 0.6) is 0 Å². The summed E-state index contributed by atoms with van der Waals surface area (Å²) in [7, 11) is 0. The van der Waals surface area contributed by atoms with Crippen molar-refractivity contribution in [3.8, 4) is 0 Å². The van der Waals surface area contributed by atoms with E-state index in [1.165, 1.54) is 0 Å². The van der Waals surface area contributed by atoms with Gasteiger partial charge in [-0.15, -0.1) is 0 Å². The minimum absolute atomic E-state index is 0.225. The molecule has 2 nitrogen and oxygen atoms in total. The van der Waals surface area contributed by atoms with Gasteiger partial charge in [0.15, 0.2) is 5.78 Å². The number of aliphatic hydroxyl groups excluding tert-OH is 1. The van der Waals surface area contributed by atoms with Crippen molar-refractivity contribution in [1.82, 2.24) is 0 Å². The first-order chi connectivity index (χ1) is 5.29. The normalized spacial score (nSPS) is 29.5. The zero-order valence-electron chi connectivity index (χ0n) is 6.21. The molecule has 1 unspecified atom stereocenters. The number of Topliss-reactive ketones (excluding diaryl/α,β-unsaturated/α-hetero) is 1. The minimum Gasteiger partial charge on any atom is -0.385 e. The van der Waals surface area contributed by atoms with Gasteiger partial charge in [0.05, 0.1) is 6.10 Å². The molecule has 58 valence electrons. The van der Waals surface area contributed by atoms with E-state index in [2.05, 4.69) is 0 Å². The first-order valence-corrected chi connectivity index (χ1v) is 3.89. The maximum Gasteiger partial charge on any atom is 0.159 e. The third-order valence-electron chi connectivity index (χ3n) is 2.34. The molecule has 0 spiro atoms. The van der Waals surface area contributed by atoms with Crippen LogP contribution in [0.1, 0.15) is 19.3 Å². The molecular formula is C9H10O2. The lowest BCUT2D eigenvalue weighted by Crippen LogP contribution is -2.10. The molecule has 11 heavy (non-hydrogen) atoms. The Bertz CT molecular complexity index is 261. The molecule has 0 fully saturated rings. The van der Waals surface area contributed by atoms with Crippen LogP contribution in [0.2, 0.25) is 0 Å². The molecule has 0 aliphatic heterocycles. The van der Waals surface area contributed by atoms with Crippen LogP contribution in [-0.4, -0.2) is 17.0 Å². The van der Waals surface area contributed by atoms with Crippen molar-refractivity contribution in [3.63, 3.8) is 0 Å². The van der Waals surface area contributed by atoms with E-state index >= 15 is 0 Å². The molecule has 2 aliphatic rings. The molecule has 2 aliphatic carbocycles. The zero-order valence-corrected chi connectivity index (χ0v) is 6.21. The van der Waals surface area contributed by atoms with Gasteiger partial charge in [-0.05, 0) is 18.4 Å². The number of allylic oxidation sites excluding steroid dienone is 2. The van der Waals surface area contributed by atoms with E-state index in [9.17, 15) is 9.90 Å². The largest absolute Gasteiger partial charge is 0.385 e. The van der Waals surface area contributed by atoms with Crippen LogP contribution in [0, 0.1) is 0 Å². The SMILES string of the molecule is O=C1CCC2=C1CC=CC2O. The molecule has 0 radical (unpaired) electrons. The van der Waals surface area contributed by atoms with Crippen LogP contribution in [0.3, 0.4) is 0 Å². The molecule has 0 aromatic heterocycles. The van der Waals surface area contributed by atoms with Gasteiger partial charge < -0.3 is 5.11 Å². The second-order valence-corrected chi connectivity index (χ2v) is 3.00. The number of rotatable bonds is 0. The Kier molecular flexibility index (Phi) is 1.43. The maximum absolute atomic E-state index is 11.2. The van der Waals surface area contributed by atoms with Gasteiger partial charge in [-0.3, -0.25) is 4.79 Å². The highest BCUT2D eigenvalue weighted by Crippen LogP contribution is 2.31. The number of hydrogen-bond acceptors (Lipinski definition) is 2. The van der Waals surface area contributed by atoms with Crippen molar-refractivity contribution in [3.05, 3.63) is 23.3 Å². The van der Waals surface area contributed by atoms with Gasteiger partial charge in [-0.25, -0.2) is 0 Å². The highest BCUT2D eigenvalue weighted by atomic mass is 16.3. The van der Waals surface area contributed by atoms with E-state index in [1.54, 1.807) is 6.08 Å². The van der Waals surface area contributed by atoms with Gasteiger partial charge in [-0.2, -0.15) is 0 Å². The van der Waals surface area contributed by atoms with E-state index in [0.717, 1.165) is 24.0 Å². The molecule has 0 saturated heterocycles. The van der Waals surface area contributed by atoms with Crippen molar-refractivity contribution in [2.24, 2.45) is 0 Å². The number of hydrogen-bond donors (Lipinski definition) is 1. The summed E-state index contributed by atoms with van der Waals surface area (Å²) in [6, 6.07) is 0. The second-order valence-electron chi connectivity index (χ2n) is 3.00. The van der Waals surface area contributed by atoms with Gasteiger partial charge >= 0.3 is 0 Å². The van der Waals surface area contributed by atoms with E-state index < -0.39 is 6.10 Å². The summed E-state index contributed by atoms with van der Waals surface area (Å²) < 4.78 is 0. The Morgan fingerprint density at radius 2 is 2.27 bits per heavy atom. The predicted molar refractivity (Wildman–Crippen MR) is 41.0 cm³/mol. The maximum atomic E-state index is 11.2. The standard InChI is InChI=1S/C9H10O2/c10-8-3-1-2-6-7(8)4-5-9(6)11/h1,3,8,10H,2,4-5H2. The Morgan fingerprint density at radius 3 is 3.00 bits per heavy atom. The van der Waals surface area contributed by atoms with Gasteiger partial charge in [0.25, 0.3) is 0 Å². The highest BCUT2D eigenvalue weighted by Gasteiger charge is 2.27. The zero-order chi connectivity index (χ0) is 7.84. The molecular weight excluding hydrogens is 140 g/mol. The average molecular weight is 150 g/mol. The van der Waals surface area contributed by atoms with Crippen LogP contribution in [0.25, 0.3) is 0 Å². The quantitative estimate of drug-likeness (QED) is 0.522. The van der Waals surface area contributed by atoms with Crippen molar-refractivity contribution in [2.45, 2.75) is 25.4 Å². The second kappa shape index (κ2) is 2.31. The molecule has 1 N–H and O–H groups in total. The Hall–Kier alpha value is -0.890. The van der Waals surface area contributed by atoms with Gasteiger partial charge in [-0.1, -0.05) is 12.2 Å². The molecule has 0 amide bonds. The monoisotopic (exact) mass is 150 g/mol. The van der Waals surface area contributed by atoms with E-state index in [-0.39, 0.29) is 5.78 Å². The molecule has 0 heterocycles. The lowest BCUT2D eigenvalue weighted by atomic mass is 9.97. The van der Waals surface area contributed by atoms with Gasteiger partial charge in [0.1, 0.15) is 0 Å². The molecule has 1 atom stereocenters. The summed E-state index contributed by atoms with van der Waals surface area (Å²) in [5.74, 6) is 0.225. The first-order valence-electron chi connectivity index (χ1n) is 3.89. The number of carbonyl (C=O) groups excluding carboxylic acids is 1. The predicted octanol–water partition coefficient (Wildman–Crippen LogP) is 0.967.